The Hall–Kier alpha value is -3.47. The third-order valence-electron chi connectivity index (χ3n) is 5.13. The molecule has 1 fully saturated rings. The standard InChI is InChI=1S/C21H23N7O/c1-15-9-16(2)28(26-15)20-11-21(25-14-24-20)29-13-17-4-7-27(8-5-17)19-10-18(12-22)3-6-23-19/h3,6,9-11,14,17H,4-5,7-8,13H2,1-2H3. The molecule has 1 aliphatic heterocycles. The lowest BCUT2D eigenvalue weighted by atomic mass is 9.98. The number of hydrogen-bond donors (Lipinski definition) is 0. The molecule has 0 amide bonds. The molecule has 0 unspecified atom stereocenters. The molecule has 0 bridgehead atoms. The molecule has 0 N–H and O–H groups in total. The molecule has 29 heavy (non-hydrogen) atoms. The second kappa shape index (κ2) is 8.27. The molecule has 0 spiro atoms. The van der Waals surface area contributed by atoms with Gasteiger partial charge in [0.1, 0.15) is 12.1 Å². The van der Waals surface area contributed by atoms with Crippen molar-refractivity contribution in [1.29, 1.82) is 5.26 Å². The van der Waals surface area contributed by atoms with Gasteiger partial charge >= 0.3 is 0 Å². The Bertz CT molecular complexity index is 1030. The van der Waals surface area contributed by atoms with E-state index < -0.39 is 0 Å². The highest BCUT2D eigenvalue weighted by Gasteiger charge is 2.21. The lowest BCUT2D eigenvalue weighted by Crippen LogP contribution is -2.36. The lowest BCUT2D eigenvalue weighted by Gasteiger charge is -2.32. The summed E-state index contributed by atoms with van der Waals surface area (Å²) in [6, 6.07) is 9.58. The van der Waals surface area contributed by atoms with E-state index in [1.165, 1.54) is 6.33 Å². The van der Waals surface area contributed by atoms with Crippen LogP contribution in [0.3, 0.4) is 0 Å². The van der Waals surface area contributed by atoms with E-state index in [1.807, 2.05) is 32.0 Å². The van der Waals surface area contributed by atoms with Gasteiger partial charge in [0.15, 0.2) is 5.82 Å². The minimum Gasteiger partial charge on any atom is -0.477 e. The number of piperidine rings is 1. The third-order valence-corrected chi connectivity index (χ3v) is 5.13. The van der Waals surface area contributed by atoms with Crippen molar-refractivity contribution >= 4 is 5.82 Å². The van der Waals surface area contributed by atoms with Gasteiger partial charge in [-0.25, -0.2) is 19.6 Å². The highest BCUT2D eigenvalue weighted by Crippen LogP contribution is 2.23. The summed E-state index contributed by atoms with van der Waals surface area (Å²) in [5.74, 6) is 2.60. The van der Waals surface area contributed by atoms with Crippen LogP contribution in [0.4, 0.5) is 5.82 Å². The van der Waals surface area contributed by atoms with Crippen LogP contribution in [0.5, 0.6) is 5.88 Å². The molecule has 3 aromatic rings. The van der Waals surface area contributed by atoms with Gasteiger partial charge < -0.3 is 9.64 Å². The second-order valence-electron chi connectivity index (χ2n) is 7.31. The normalized spacial score (nSPS) is 14.6. The summed E-state index contributed by atoms with van der Waals surface area (Å²) < 4.78 is 7.76. The number of anilines is 1. The fraction of sp³-hybridized carbons (Fsp3) is 0.381. The van der Waals surface area contributed by atoms with Crippen LogP contribution in [-0.2, 0) is 0 Å². The highest BCUT2D eigenvalue weighted by molar-refractivity contribution is 5.45. The Labute approximate surface area is 169 Å². The van der Waals surface area contributed by atoms with Gasteiger partial charge in [0.2, 0.25) is 5.88 Å². The van der Waals surface area contributed by atoms with Gasteiger partial charge in [-0.3, -0.25) is 0 Å². The van der Waals surface area contributed by atoms with E-state index in [-0.39, 0.29) is 0 Å². The molecule has 0 atom stereocenters. The average Bonchev–Trinajstić information content (AvgIpc) is 3.11. The topological polar surface area (TPSA) is 92.8 Å². The maximum Gasteiger partial charge on any atom is 0.218 e. The third kappa shape index (κ3) is 4.35. The Balaban J connectivity index is 1.33. The first kappa shape index (κ1) is 18.9. The summed E-state index contributed by atoms with van der Waals surface area (Å²) in [4.78, 5) is 15.2. The number of hydrogen-bond acceptors (Lipinski definition) is 7. The van der Waals surface area contributed by atoms with Gasteiger partial charge in [0.05, 0.1) is 23.9 Å². The van der Waals surface area contributed by atoms with E-state index in [4.69, 9.17) is 10.00 Å². The van der Waals surface area contributed by atoms with Crippen molar-refractivity contribution in [3.05, 3.63) is 53.7 Å². The summed E-state index contributed by atoms with van der Waals surface area (Å²) in [6.07, 6.45) is 5.22. The van der Waals surface area contributed by atoms with Crippen LogP contribution in [-0.4, -0.2) is 44.4 Å². The molecule has 1 aliphatic rings. The quantitative estimate of drug-likeness (QED) is 0.662. The molecule has 4 heterocycles. The van der Waals surface area contributed by atoms with Crippen molar-refractivity contribution in [3.8, 4) is 17.8 Å². The fourth-order valence-corrected chi connectivity index (χ4v) is 3.58. The summed E-state index contributed by atoms with van der Waals surface area (Å²) in [5, 5.41) is 13.5. The van der Waals surface area contributed by atoms with Crippen LogP contribution in [0.2, 0.25) is 0 Å². The van der Waals surface area contributed by atoms with Gasteiger partial charge in [0.25, 0.3) is 0 Å². The van der Waals surface area contributed by atoms with Crippen LogP contribution in [0.25, 0.3) is 5.82 Å². The second-order valence-corrected chi connectivity index (χ2v) is 7.31. The number of nitrogens with zero attached hydrogens (tertiary/aromatic N) is 7. The van der Waals surface area contributed by atoms with Crippen LogP contribution in [0, 0.1) is 31.1 Å². The number of ether oxygens (including phenoxy) is 1. The maximum atomic E-state index is 9.06. The molecular weight excluding hydrogens is 366 g/mol. The Morgan fingerprint density at radius 3 is 2.66 bits per heavy atom. The van der Waals surface area contributed by atoms with Crippen LogP contribution in [0.15, 0.2) is 36.8 Å². The van der Waals surface area contributed by atoms with Gasteiger partial charge in [0, 0.05) is 31.0 Å². The zero-order valence-corrected chi connectivity index (χ0v) is 16.6. The fourth-order valence-electron chi connectivity index (χ4n) is 3.58. The smallest absolute Gasteiger partial charge is 0.218 e. The Kier molecular flexibility index (Phi) is 5.38. The summed E-state index contributed by atoms with van der Waals surface area (Å²) in [5.41, 5.74) is 2.61. The zero-order valence-electron chi connectivity index (χ0n) is 16.6. The zero-order chi connectivity index (χ0) is 20.2. The Morgan fingerprint density at radius 2 is 1.93 bits per heavy atom. The first-order valence-electron chi connectivity index (χ1n) is 9.72. The molecular formula is C21H23N7O. The van der Waals surface area contributed by atoms with E-state index in [9.17, 15) is 0 Å². The largest absolute Gasteiger partial charge is 0.477 e. The first-order valence-corrected chi connectivity index (χ1v) is 9.72. The van der Waals surface area contributed by atoms with Crippen molar-refractivity contribution in [1.82, 2.24) is 24.7 Å². The molecule has 3 aromatic heterocycles. The van der Waals surface area contributed by atoms with E-state index in [0.29, 0.717) is 29.8 Å². The first-order chi connectivity index (χ1) is 14.1. The van der Waals surface area contributed by atoms with Crippen molar-refractivity contribution in [2.24, 2.45) is 5.92 Å². The predicted molar refractivity (Wildman–Crippen MR) is 108 cm³/mol. The van der Waals surface area contributed by atoms with Crippen molar-refractivity contribution < 1.29 is 4.74 Å². The highest BCUT2D eigenvalue weighted by atomic mass is 16.5. The average molecular weight is 389 g/mol. The molecule has 148 valence electrons. The van der Waals surface area contributed by atoms with Crippen LogP contribution in [0.1, 0.15) is 29.8 Å². The monoisotopic (exact) mass is 389 g/mol. The van der Waals surface area contributed by atoms with Gasteiger partial charge in [-0.2, -0.15) is 10.4 Å². The lowest BCUT2D eigenvalue weighted by molar-refractivity contribution is 0.215. The number of aromatic nitrogens is 5. The van der Waals surface area contributed by atoms with Gasteiger partial charge in [-0.05, 0) is 50.8 Å². The van der Waals surface area contributed by atoms with E-state index in [1.54, 1.807) is 16.9 Å². The van der Waals surface area contributed by atoms with Gasteiger partial charge in [-0.15, -0.1) is 0 Å². The molecule has 0 aromatic carbocycles. The van der Waals surface area contributed by atoms with E-state index in [2.05, 4.69) is 31.0 Å². The number of rotatable bonds is 5. The summed E-state index contributed by atoms with van der Waals surface area (Å²) >= 11 is 0. The Morgan fingerprint density at radius 1 is 1.10 bits per heavy atom. The van der Waals surface area contributed by atoms with Crippen molar-refractivity contribution in [3.63, 3.8) is 0 Å². The molecule has 1 saturated heterocycles. The molecule has 4 rings (SSSR count). The minimum atomic E-state index is 0.456. The summed E-state index contributed by atoms with van der Waals surface area (Å²) in [6.45, 7) is 6.37. The van der Waals surface area contributed by atoms with E-state index >= 15 is 0 Å². The predicted octanol–water partition coefficient (Wildman–Crippen LogP) is 2.84. The molecule has 0 radical (unpaired) electrons. The number of aryl methyl sites for hydroxylation is 2. The van der Waals surface area contributed by atoms with Crippen molar-refractivity contribution in [2.75, 3.05) is 24.6 Å². The molecule has 0 aliphatic carbocycles. The van der Waals surface area contributed by atoms with Crippen LogP contribution >= 0.6 is 0 Å². The van der Waals surface area contributed by atoms with Gasteiger partial charge in [-0.1, -0.05) is 0 Å². The van der Waals surface area contributed by atoms with Crippen LogP contribution < -0.4 is 9.64 Å². The number of nitriles is 1. The maximum absolute atomic E-state index is 9.06. The minimum absolute atomic E-state index is 0.456. The molecule has 8 nitrogen and oxygen atoms in total. The summed E-state index contributed by atoms with van der Waals surface area (Å²) in [7, 11) is 0. The SMILES string of the molecule is Cc1cc(C)n(-c2cc(OCC3CCN(c4cc(C#N)ccn4)CC3)ncn2)n1. The molecule has 0 saturated carbocycles. The van der Waals surface area contributed by atoms with Crippen molar-refractivity contribution in [2.45, 2.75) is 26.7 Å². The number of pyridine rings is 1. The molecule has 8 heteroatoms. The van der Waals surface area contributed by atoms with E-state index in [0.717, 1.165) is 43.1 Å².